The fourth-order valence-electron chi connectivity index (χ4n) is 1.05. The standard InChI is InChI=1S/C8H11NOS/c1-3-9-6(2)4-5-7(10)8(9)11/h4-5,10H,3H2,1-2H3. The fraction of sp³-hybridized carbons (Fsp3) is 0.375. The Balaban J connectivity index is 3.41. The molecule has 0 saturated heterocycles. The molecule has 1 heterocycles. The molecular weight excluding hydrogens is 158 g/mol. The molecule has 1 aromatic heterocycles. The Kier molecular flexibility index (Phi) is 2.29. The number of hydrogen-bond acceptors (Lipinski definition) is 2. The zero-order valence-corrected chi connectivity index (χ0v) is 7.48. The Morgan fingerprint density at radius 3 is 2.64 bits per heavy atom. The summed E-state index contributed by atoms with van der Waals surface area (Å²) in [5, 5.41) is 9.23. The van der Waals surface area contributed by atoms with E-state index in [1.807, 2.05) is 24.5 Å². The third-order valence-electron chi connectivity index (χ3n) is 1.69. The van der Waals surface area contributed by atoms with E-state index < -0.39 is 0 Å². The van der Waals surface area contributed by atoms with Crippen molar-refractivity contribution in [2.45, 2.75) is 20.4 Å². The van der Waals surface area contributed by atoms with Crippen LogP contribution in [0.25, 0.3) is 0 Å². The van der Waals surface area contributed by atoms with Gasteiger partial charge in [0.15, 0.2) is 0 Å². The van der Waals surface area contributed by atoms with Crippen molar-refractivity contribution in [3.8, 4) is 5.75 Å². The van der Waals surface area contributed by atoms with E-state index in [9.17, 15) is 5.11 Å². The molecule has 1 N–H and O–H groups in total. The predicted octanol–water partition coefficient (Wildman–Crippen LogP) is 2.25. The van der Waals surface area contributed by atoms with Gasteiger partial charge in [-0.3, -0.25) is 0 Å². The molecule has 0 saturated carbocycles. The molecule has 11 heavy (non-hydrogen) atoms. The van der Waals surface area contributed by atoms with Crippen LogP contribution in [0.1, 0.15) is 12.6 Å². The minimum absolute atomic E-state index is 0.187. The lowest BCUT2D eigenvalue weighted by atomic mass is 10.3. The molecular formula is C8H11NOS. The van der Waals surface area contributed by atoms with Gasteiger partial charge in [0.1, 0.15) is 10.4 Å². The average Bonchev–Trinajstić information content (AvgIpc) is 1.99. The quantitative estimate of drug-likeness (QED) is 0.652. The third-order valence-corrected chi connectivity index (χ3v) is 2.12. The second kappa shape index (κ2) is 3.05. The van der Waals surface area contributed by atoms with Crippen molar-refractivity contribution < 1.29 is 5.11 Å². The maximum Gasteiger partial charge on any atom is 0.150 e. The molecule has 1 aromatic rings. The van der Waals surface area contributed by atoms with Crippen molar-refractivity contribution in [1.82, 2.24) is 4.57 Å². The first kappa shape index (κ1) is 8.27. The minimum Gasteiger partial charge on any atom is -0.505 e. The van der Waals surface area contributed by atoms with Gasteiger partial charge in [0.2, 0.25) is 0 Å². The molecule has 0 amide bonds. The Bertz CT molecular complexity index is 316. The van der Waals surface area contributed by atoms with Crippen LogP contribution in [0.5, 0.6) is 5.75 Å². The van der Waals surface area contributed by atoms with Crippen molar-refractivity contribution in [2.75, 3.05) is 0 Å². The van der Waals surface area contributed by atoms with Crippen LogP contribution in [-0.4, -0.2) is 9.67 Å². The maximum absolute atomic E-state index is 9.23. The van der Waals surface area contributed by atoms with Gasteiger partial charge in [-0.15, -0.1) is 0 Å². The normalized spacial score (nSPS) is 10.0. The van der Waals surface area contributed by atoms with Crippen molar-refractivity contribution in [2.24, 2.45) is 0 Å². The van der Waals surface area contributed by atoms with Crippen LogP contribution in [0, 0.1) is 11.6 Å². The lowest BCUT2D eigenvalue weighted by Gasteiger charge is -2.07. The van der Waals surface area contributed by atoms with Crippen LogP contribution in [0.2, 0.25) is 0 Å². The summed E-state index contributed by atoms with van der Waals surface area (Å²) in [6.07, 6.45) is 0. The summed E-state index contributed by atoms with van der Waals surface area (Å²) in [6, 6.07) is 3.48. The molecule has 0 aliphatic heterocycles. The van der Waals surface area contributed by atoms with Crippen molar-refractivity contribution in [3.05, 3.63) is 22.5 Å². The second-order valence-corrected chi connectivity index (χ2v) is 2.80. The molecule has 0 atom stereocenters. The van der Waals surface area contributed by atoms with E-state index in [0.717, 1.165) is 12.2 Å². The van der Waals surface area contributed by atoms with Crippen LogP contribution in [0.4, 0.5) is 0 Å². The molecule has 1 rings (SSSR count). The summed E-state index contributed by atoms with van der Waals surface area (Å²) >= 11 is 4.99. The van der Waals surface area contributed by atoms with Crippen LogP contribution in [0.3, 0.4) is 0 Å². The Labute approximate surface area is 71.1 Å². The van der Waals surface area contributed by atoms with E-state index in [1.165, 1.54) is 0 Å². The van der Waals surface area contributed by atoms with Crippen molar-refractivity contribution in [3.63, 3.8) is 0 Å². The summed E-state index contributed by atoms with van der Waals surface area (Å²) in [6.45, 7) is 4.78. The van der Waals surface area contributed by atoms with Gasteiger partial charge < -0.3 is 9.67 Å². The fourth-order valence-corrected chi connectivity index (χ4v) is 1.39. The lowest BCUT2D eigenvalue weighted by molar-refractivity contribution is 0.462. The zero-order chi connectivity index (χ0) is 8.43. The van der Waals surface area contributed by atoms with Crippen LogP contribution in [-0.2, 0) is 6.54 Å². The molecule has 0 aliphatic carbocycles. The van der Waals surface area contributed by atoms with Crippen LogP contribution in [0.15, 0.2) is 12.1 Å². The molecule has 0 bridgehead atoms. The summed E-state index contributed by atoms with van der Waals surface area (Å²) in [5.74, 6) is 0.187. The molecule has 0 spiro atoms. The number of pyridine rings is 1. The number of hydrogen-bond donors (Lipinski definition) is 1. The predicted molar refractivity (Wildman–Crippen MR) is 47.3 cm³/mol. The smallest absolute Gasteiger partial charge is 0.150 e. The summed E-state index contributed by atoms with van der Waals surface area (Å²) in [7, 11) is 0. The summed E-state index contributed by atoms with van der Waals surface area (Å²) in [5.41, 5.74) is 1.08. The van der Waals surface area contributed by atoms with Crippen LogP contribution < -0.4 is 0 Å². The molecule has 3 heteroatoms. The summed E-state index contributed by atoms with van der Waals surface area (Å²) < 4.78 is 2.41. The highest BCUT2D eigenvalue weighted by molar-refractivity contribution is 7.71. The number of rotatable bonds is 1. The van der Waals surface area contributed by atoms with Gasteiger partial charge in [-0.25, -0.2) is 0 Å². The first-order valence-electron chi connectivity index (χ1n) is 3.56. The molecule has 0 fully saturated rings. The van der Waals surface area contributed by atoms with Gasteiger partial charge in [-0.1, -0.05) is 12.2 Å². The molecule has 0 unspecified atom stereocenters. The maximum atomic E-state index is 9.23. The first-order chi connectivity index (χ1) is 5.16. The zero-order valence-electron chi connectivity index (χ0n) is 6.66. The largest absolute Gasteiger partial charge is 0.505 e. The SMILES string of the molecule is CCn1c(C)ccc(O)c1=S. The number of aryl methyl sites for hydroxylation is 1. The van der Waals surface area contributed by atoms with Crippen LogP contribution >= 0.6 is 12.2 Å². The molecule has 0 aliphatic rings. The van der Waals surface area contributed by atoms with Gasteiger partial charge >= 0.3 is 0 Å². The number of aromatic nitrogens is 1. The van der Waals surface area contributed by atoms with E-state index in [2.05, 4.69) is 0 Å². The highest BCUT2D eigenvalue weighted by Crippen LogP contribution is 2.12. The van der Waals surface area contributed by atoms with E-state index >= 15 is 0 Å². The first-order valence-corrected chi connectivity index (χ1v) is 3.97. The molecule has 2 nitrogen and oxygen atoms in total. The van der Waals surface area contributed by atoms with E-state index in [1.54, 1.807) is 6.07 Å². The monoisotopic (exact) mass is 169 g/mol. The summed E-state index contributed by atoms with van der Waals surface area (Å²) in [4.78, 5) is 0. The van der Waals surface area contributed by atoms with Crippen molar-refractivity contribution >= 4 is 12.2 Å². The average molecular weight is 169 g/mol. The van der Waals surface area contributed by atoms with Gasteiger partial charge in [-0.05, 0) is 26.0 Å². The topological polar surface area (TPSA) is 25.2 Å². The molecule has 60 valence electrons. The molecule has 0 aromatic carbocycles. The van der Waals surface area contributed by atoms with Crippen molar-refractivity contribution in [1.29, 1.82) is 0 Å². The van der Waals surface area contributed by atoms with Gasteiger partial charge in [0.05, 0.1) is 0 Å². The number of aromatic hydroxyl groups is 1. The van der Waals surface area contributed by atoms with Gasteiger partial charge in [0, 0.05) is 12.2 Å². The highest BCUT2D eigenvalue weighted by atomic mass is 32.1. The van der Waals surface area contributed by atoms with E-state index in [4.69, 9.17) is 12.2 Å². The molecule has 0 radical (unpaired) electrons. The lowest BCUT2D eigenvalue weighted by Crippen LogP contribution is -2.01. The minimum atomic E-state index is 0.187. The van der Waals surface area contributed by atoms with Gasteiger partial charge in [0.25, 0.3) is 0 Å². The Hall–Kier alpha value is -0.830. The third kappa shape index (κ3) is 1.43. The van der Waals surface area contributed by atoms with Gasteiger partial charge in [-0.2, -0.15) is 0 Å². The van der Waals surface area contributed by atoms with E-state index in [0.29, 0.717) is 4.64 Å². The second-order valence-electron chi connectivity index (χ2n) is 2.41. The Morgan fingerprint density at radius 2 is 2.18 bits per heavy atom. The Morgan fingerprint density at radius 1 is 1.55 bits per heavy atom. The van der Waals surface area contributed by atoms with E-state index in [-0.39, 0.29) is 5.75 Å². The highest BCUT2D eigenvalue weighted by Gasteiger charge is 1.97. The number of nitrogens with zero attached hydrogens (tertiary/aromatic N) is 1.